The summed E-state index contributed by atoms with van der Waals surface area (Å²) < 4.78 is 25.5. The Morgan fingerprint density at radius 1 is 1.38 bits per heavy atom. The van der Waals surface area contributed by atoms with E-state index >= 15 is 0 Å². The number of piperidine rings is 1. The number of benzene rings is 1. The lowest BCUT2D eigenvalue weighted by molar-refractivity contribution is -0.136. The predicted octanol–water partition coefficient (Wildman–Crippen LogP) is 0.649. The Balaban J connectivity index is 1.62. The fourth-order valence-electron chi connectivity index (χ4n) is 3.39. The molecule has 3 rings (SSSR count). The number of carbonyl (C=O) groups is 3. The minimum absolute atomic E-state index is 0.0272. The van der Waals surface area contributed by atoms with Crippen molar-refractivity contribution in [2.24, 2.45) is 0 Å². The van der Waals surface area contributed by atoms with E-state index < -0.39 is 24.6 Å². The van der Waals surface area contributed by atoms with Gasteiger partial charge in [-0.2, -0.15) is 0 Å². The summed E-state index contributed by atoms with van der Waals surface area (Å²) >= 11 is 0. The maximum atomic E-state index is 14.6. The van der Waals surface area contributed by atoms with Gasteiger partial charge in [-0.25, -0.2) is 9.18 Å². The van der Waals surface area contributed by atoms with Crippen molar-refractivity contribution in [3.63, 3.8) is 0 Å². The topological polar surface area (TPSA) is 108 Å². The lowest BCUT2D eigenvalue weighted by Gasteiger charge is -2.32. The number of ether oxygens (including phenoxy) is 2. The van der Waals surface area contributed by atoms with Gasteiger partial charge in [0.1, 0.15) is 18.8 Å². The molecule has 0 spiro atoms. The molecule has 1 aromatic rings. The third-order valence-corrected chi connectivity index (χ3v) is 4.84. The number of hydrogen-bond acceptors (Lipinski definition) is 6. The van der Waals surface area contributed by atoms with E-state index in [1.807, 2.05) is 0 Å². The molecule has 10 heteroatoms. The first-order valence-corrected chi connectivity index (χ1v) is 9.44. The SMILES string of the molecule is CC(=O)NC[C@H]1CN(c2ccc(OC3CCCN(C(=O)CO)C3)c(F)c2)C(=O)O1. The maximum absolute atomic E-state index is 14.6. The van der Waals surface area contributed by atoms with Crippen LogP contribution in [0, 0.1) is 5.82 Å². The molecule has 1 unspecified atom stereocenters. The summed E-state index contributed by atoms with van der Waals surface area (Å²) in [4.78, 5) is 37.5. The molecule has 0 saturated carbocycles. The van der Waals surface area contributed by atoms with Gasteiger partial charge in [-0.05, 0) is 25.0 Å². The van der Waals surface area contributed by atoms with Crippen LogP contribution in [0.25, 0.3) is 0 Å². The fraction of sp³-hybridized carbons (Fsp3) is 0.526. The van der Waals surface area contributed by atoms with E-state index in [0.717, 1.165) is 0 Å². The zero-order chi connectivity index (χ0) is 21.0. The van der Waals surface area contributed by atoms with E-state index in [-0.39, 0.29) is 43.3 Å². The zero-order valence-corrected chi connectivity index (χ0v) is 16.1. The number of aliphatic hydroxyl groups is 1. The van der Waals surface area contributed by atoms with Crippen LogP contribution in [-0.2, 0) is 14.3 Å². The standard InChI is InChI=1S/C19H24FN3O6/c1-12(25)21-8-15-10-23(19(27)29-15)13-4-5-17(16(20)7-13)28-14-3-2-6-22(9-14)18(26)11-24/h4-5,7,14-15,24H,2-3,6,8-11H2,1H3,(H,21,25)/t14?,15-/m0/s1. The van der Waals surface area contributed by atoms with Gasteiger partial charge in [-0.3, -0.25) is 14.5 Å². The highest BCUT2D eigenvalue weighted by Crippen LogP contribution is 2.28. The Hall–Kier alpha value is -2.88. The van der Waals surface area contributed by atoms with Gasteiger partial charge in [0, 0.05) is 19.5 Å². The Kier molecular flexibility index (Phi) is 6.53. The molecule has 29 heavy (non-hydrogen) atoms. The minimum Gasteiger partial charge on any atom is -0.486 e. The number of carbonyl (C=O) groups excluding carboxylic acids is 3. The highest BCUT2D eigenvalue weighted by molar-refractivity contribution is 5.90. The lowest BCUT2D eigenvalue weighted by atomic mass is 10.1. The van der Waals surface area contributed by atoms with Crippen LogP contribution in [0.1, 0.15) is 19.8 Å². The van der Waals surface area contributed by atoms with Crippen molar-refractivity contribution in [2.75, 3.05) is 37.7 Å². The third kappa shape index (κ3) is 5.14. The van der Waals surface area contributed by atoms with Crippen LogP contribution in [0.5, 0.6) is 5.75 Å². The summed E-state index contributed by atoms with van der Waals surface area (Å²) in [6, 6.07) is 4.18. The second kappa shape index (κ2) is 9.08. The van der Waals surface area contributed by atoms with Crippen LogP contribution in [0.15, 0.2) is 18.2 Å². The molecule has 9 nitrogen and oxygen atoms in total. The smallest absolute Gasteiger partial charge is 0.414 e. The van der Waals surface area contributed by atoms with Crippen LogP contribution >= 0.6 is 0 Å². The Labute approximate surface area is 167 Å². The molecule has 2 saturated heterocycles. The largest absolute Gasteiger partial charge is 0.486 e. The molecule has 1 aromatic carbocycles. The molecule has 0 aromatic heterocycles. The third-order valence-electron chi connectivity index (χ3n) is 4.84. The molecule has 0 aliphatic carbocycles. The first kappa shape index (κ1) is 20.8. The Morgan fingerprint density at radius 2 is 2.17 bits per heavy atom. The summed E-state index contributed by atoms with van der Waals surface area (Å²) in [7, 11) is 0. The van der Waals surface area contributed by atoms with E-state index in [1.165, 1.54) is 28.9 Å². The van der Waals surface area contributed by atoms with Gasteiger partial charge in [-0.15, -0.1) is 0 Å². The number of nitrogens with one attached hydrogen (secondary N) is 1. The van der Waals surface area contributed by atoms with Crippen molar-refractivity contribution in [2.45, 2.75) is 32.0 Å². The van der Waals surface area contributed by atoms with Gasteiger partial charge in [-0.1, -0.05) is 0 Å². The second-order valence-corrected chi connectivity index (χ2v) is 7.05. The van der Waals surface area contributed by atoms with E-state index in [0.29, 0.717) is 25.1 Å². The highest BCUT2D eigenvalue weighted by atomic mass is 19.1. The zero-order valence-electron chi connectivity index (χ0n) is 16.1. The Morgan fingerprint density at radius 3 is 2.86 bits per heavy atom. The number of halogens is 1. The summed E-state index contributed by atoms with van der Waals surface area (Å²) in [6.45, 7) is 2.01. The van der Waals surface area contributed by atoms with Crippen LogP contribution in [0.2, 0.25) is 0 Å². The van der Waals surface area contributed by atoms with Gasteiger partial charge in [0.05, 0.1) is 25.3 Å². The van der Waals surface area contributed by atoms with E-state index in [2.05, 4.69) is 5.32 Å². The summed E-state index contributed by atoms with van der Waals surface area (Å²) in [6.07, 6.45) is -0.134. The number of nitrogens with zero attached hydrogens (tertiary/aromatic N) is 2. The summed E-state index contributed by atoms with van der Waals surface area (Å²) in [5.74, 6) is -1.21. The highest BCUT2D eigenvalue weighted by Gasteiger charge is 2.33. The van der Waals surface area contributed by atoms with Gasteiger partial charge in [0.25, 0.3) is 0 Å². The fourth-order valence-corrected chi connectivity index (χ4v) is 3.39. The van der Waals surface area contributed by atoms with Crippen LogP contribution in [0.3, 0.4) is 0 Å². The lowest BCUT2D eigenvalue weighted by Crippen LogP contribution is -2.45. The number of cyclic esters (lactones) is 1. The average molecular weight is 409 g/mol. The summed E-state index contributed by atoms with van der Waals surface area (Å²) in [5, 5.41) is 11.6. The number of likely N-dealkylation sites (tertiary alicyclic amines) is 1. The minimum atomic E-state index is -0.633. The van der Waals surface area contributed by atoms with Crippen LogP contribution in [-0.4, -0.2) is 72.9 Å². The quantitative estimate of drug-likeness (QED) is 0.714. The molecule has 2 fully saturated rings. The molecule has 3 amide bonds. The van der Waals surface area contributed by atoms with Crippen molar-refractivity contribution in [3.05, 3.63) is 24.0 Å². The number of anilines is 1. The molecule has 158 valence electrons. The number of aliphatic hydroxyl groups excluding tert-OH is 1. The van der Waals surface area contributed by atoms with Gasteiger partial charge < -0.3 is 24.8 Å². The normalized spacial score (nSPS) is 21.7. The van der Waals surface area contributed by atoms with Gasteiger partial charge >= 0.3 is 6.09 Å². The van der Waals surface area contributed by atoms with Crippen molar-refractivity contribution in [1.82, 2.24) is 10.2 Å². The molecular formula is C19H24FN3O6. The monoisotopic (exact) mass is 409 g/mol. The van der Waals surface area contributed by atoms with Crippen LogP contribution in [0.4, 0.5) is 14.9 Å². The predicted molar refractivity (Wildman–Crippen MR) is 100 cm³/mol. The van der Waals surface area contributed by atoms with Crippen molar-refractivity contribution in [3.8, 4) is 5.75 Å². The molecular weight excluding hydrogens is 385 g/mol. The van der Waals surface area contributed by atoms with Crippen molar-refractivity contribution in [1.29, 1.82) is 0 Å². The van der Waals surface area contributed by atoms with Crippen molar-refractivity contribution >= 4 is 23.6 Å². The number of hydrogen-bond donors (Lipinski definition) is 2. The van der Waals surface area contributed by atoms with Gasteiger partial charge in [0.15, 0.2) is 11.6 Å². The molecule has 2 atom stereocenters. The number of amides is 3. The van der Waals surface area contributed by atoms with Crippen molar-refractivity contribution < 1.29 is 33.4 Å². The molecule has 2 aliphatic rings. The first-order chi connectivity index (χ1) is 13.9. The maximum Gasteiger partial charge on any atom is 0.414 e. The average Bonchev–Trinajstić information content (AvgIpc) is 3.08. The van der Waals surface area contributed by atoms with Crippen LogP contribution < -0.4 is 15.0 Å². The summed E-state index contributed by atoms with van der Waals surface area (Å²) in [5.41, 5.74) is 0.325. The van der Waals surface area contributed by atoms with Gasteiger partial charge in [0.2, 0.25) is 11.8 Å². The molecule has 2 N–H and O–H groups in total. The second-order valence-electron chi connectivity index (χ2n) is 7.05. The first-order valence-electron chi connectivity index (χ1n) is 9.44. The molecule has 0 bridgehead atoms. The molecule has 2 heterocycles. The van der Waals surface area contributed by atoms with E-state index in [9.17, 15) is 18.8 Å². The molecule has 2 aliphatic heterocycles. The van der Waals surface area contributed by atoms with E-state index in [1.54, 1.807) is 6.07 Å². The Bertz CT molecular complexity index is 789. The van der Waals surface area contributed by atoms with E-state index in [4.69, 9.17) is 14.6 Å². The number of rotatable bonds is 6. The molecule has 0 radical (unpaired) electrons.